The van der Waals surface area contributed by atoms with E-state index in [2.05, 4.69) is 36.4 Å². The molecule has 2 aliphatic rings. The molecule has 0 bridgehead atoms. The van der Waals surface area contributed by atoms with Crippen molar-refractivity contribution in [1.29, 1.82) is 0 Å². The van der Waals surface area contributed by atoms with Gasteiger partial charge in [0.1, 0.15) is 54.3 Å². The van der Waals surface area contributed by atoms with E-state index in [-0.39, 0.29) is 42.1 Å². The Balaban J connectivity index is 1.38. The Hall–Kier alpha value is -4.17. The number of nitrogens with two attached hydrogens (primary N) is 2. The highest BCUT2D eigenvalue weighted by Crippen LogP contribution is 2.50. The van der Waals surface area contributed by atoms with Gasteiger partial charge in [-0.05, 0) is 18.2 Å². The predicted molar refractivity (Wildman–Crippen MR) is 199 cm³/mol. The van der Waals surface area contributed by atoms with Gasteiger partial charge in [0.2, 0.25) is 5.91 Å². The Bertz CT molecular complexity index is 2140. The fourth-order valence-electron chi connectivity index (χ4n) is 5.90. The number of amides is 1. The Morgan fingerprint density at radius 1 is 1.12 bits per heavy atom. The molecule has 0 saturated carbocycles. The number of nitrogens with one attached hydrogen (secondary N) is 1. The number of carbonyl (C=O) groups excluding carboxylic acids is 3. The summed E-state index contributed by atoms with van der Waals surface area (Å²) in [6.45, 7) is 3.48. The first-order chi connectivity index (χ1) is 27.4. The molecule has 3 aromatic heterocycles. The average molecular weight is 878 g/mol. The molecule has 0 aliphatic carbocycles. The topological polar surface area (TPSA) is 364 Å². The summed E-state index contributed by atoms with van der Waals surface area (Å²) in [5, 5.41) is 13.6. The quantitative estimate of drug-likeness (QED) is 0.0451. The highest BCUT2D eigenvalue weighted by Gasteiger charge is 2.50. The van der Waals surface area contributed by atoms with Gasteiger partial charge >= 0.3 is 27.3 Å². The number of ether oxygens (including phenoxy) is 3. The summed E-state index contributed by atoms with van der Waals surface area (Å²) < 4.78 is 59.6. The Morgan fingerprint density at radius 3 is 2.55 bits per heavy atom. The number of allylic oxidation sites excluding steroid dienone is 1. The van der Waals surface area contributed by atoms with Gasteiger partial charge in [-0.25, -0.2) is 33.7 Å². The average Bonchev–Trinajstić information content (AvgIpc) is 3.84. The van der Waals surface area contributed by atoms with Crippen LogP contribution in [0.25, 0.3) is 11.2 Å². The van der Waals surface area contributed by atoms with E-state index >= 15 is 0 Å². The largest absolute Gasteiger partial charge is 0.472 e. The van der Waals surface area contributed by atoms with Crippen LogP contribution in [0.2, 0.25) is 0 Å². The van der Waals surface area contributed by atoms with Gasteiger partial charge in [-0.1, -0.05) is 24.8 Å². The molecule has 2 aliphatic heterocycles. The Labute approximate surface area is 332 Å². The van der Waals surface area contributed by atoms with Gasteiger partial charge in [-0.15, -0.1) is 6.58 Å². The van der Waals surface area contributed by atoms with E-state index in [1.54, 1.807) is 6.92 Å². The number of esters is 1. The lowest BCUT2D eigenvalue weighted by Crippen LogP contribution is -2.47. The molecule has 1 amide bonds. The molecule has 1 unspecified atom stereocenters. The molecule has 3 aromatic rings. The number of fused-ring (bicyclic) bond motifs is 1. The van der Waals surface area contributed by atoms with E-state index in [9.17, 15) is 48.1 Å². The molecule has 2 saturated heterocycles. The number of anilines is 2. The predicted octanol–water partition coefficient (Wildman–Crippen LogP) is -0.562. The van der Waals surface area contributed by atoms with Crippen molar-refractivity contribution < 1.29 is 71.1 Å². The van der Waals surface area contributed by atoms with Crippen LogP contribution in [-0.4, -0.2) is 121 Å². The fraction of sp³-hybridized carbons (Fsp3) is 0.533. The number of hydrogen-bond donors (Lipinski definition) is 7. The van der Waals surface area contributed by atoms with Crippen LogP contribution in [0.5, 0.6) is 0 Å². The number of nitrogens with zero attached hydrogens (tertiary/aromatic N) is 6. The molecule has 9 atom stereocenters. The molecule has 2 fully saturated rings. The molecule has 318 valence electrons. The summed E-state index contributed by atoms with van der Waals surface area (Å²) in [6.07, 6.45) is -6.30. The molecular weight excluding hydrogens is 836 g/mol. The number of aromatic nitrogens is 6. The summed E-state index contributed by atoms with van der Waals surface area (Å²) in [4.78, 5) is 96.5. The SMILES string of the molecule is C=CCCC(=O)N[C@@H](CC(=O)SCC)C(=O)O[C@H]1[C@@H](O)[C@H](n2cnc3c(N)ncnc32)O[C@@H]1COP(=O)(O)O[C@H]1C[C@H](n2ccc(N)nc2=O)O[C@@H]1COP(=O)(O)O. The second-order valence-corrected chi connectivity index (χ2v) is 16.6. The van der Waals surface area contributed by atoms with Crippen molar-refractivity contribution in [3.05, 3.63) is 48.1 Å². The number of aliphatic hydroxyl groups excluding tert-OH is 1. The monoisotopic (exact) mass is 877 g/mol. The molecule has 0 aromatic carbocycles. The fourth-order valence-corrected chi connectivity index (χ4v) is 7.81. The normalized spacial score (nSPS) is 24.9. The first-order valence-electron chi connectivity index (χ1n) is 17.3. The van der Waals surface area contributed by atoms with Crippen molar-refractivity contribution in [2.24, 2.45) is 0 Å². The van der Waals surface area contributed by atoms with Crippen LogP contribution in [0.4, 0.5) is 11.6 Å². The number of hydrogen-bond acceptors (Lipinski definition) is 20. The molecule has 5 heterocycles. The molecule has 9 N–H and O–H groups in total. The lowest BCUT2D eigenvalue weighted by Gasteiger charge is -2.25. The zero-order valence-electron chi connectivity index (χ0n) is 30.5. The smallest absolute Gasteiger partial charge is 0.455 e. The zero-order valence-corrected chi connectivity index (χ0v) is 33.1. The van der Waals surface area contributed by atoms with Crippen molar-refractivity contribution in [2.45, 2.75) is 81.6 Å². The van der Waals surface area contributed by atoms with Crippen molar-refractivity contribution in [1.82, 2.24) is 34.4 Å². The maximum atomic E-state index is 13.7. The summed E-state index contributed by atoms with van der Waals surface area (Å²) in [6, 6.07) is -0.251. The Kier molecular flexibility index (Phi) is 14.9. The van der Waals surface area contributed by atoms with E-state index in [1.807, 2.05) is 0 Å². The molecule has 0 radical (unpaired) electrons. The van der Waals surface area contributed by atoms with E-state index in [4.69, 9.17) is 34.7 Å². The standard InChI is InChI=1S/C30H41N9O16P2S/c1-3-5-6-20(40)36-15(9-22(41)58-4-2)29(43)54-25-18(53-28(24(25)42)39-14-35-23-26(32)33-13-34-27(23)39)12-51-57(48,49)55-16-10-21(38-8-7-19(31)37-30(38)44)52-17(16)11-50-56(45,46)47/h3,7-8,13-18,21,24-25,28,42H,1,4-6,9-12H2,2H3,(H,36,40)(H,48,49)(H2,31,37,44)(H2,32,33,34)(H2,45,46,47)/t15-,16-,17+,18+,21+,24+,25+,28+/m0/s1. The third-order valence-electron chi connectivity index (χ3n) is 8.51. The lowest BCUT2D eigenvalue weighted by atomic mass is 10.1. The van der Waals surface area contributed by atoms with Crippen molar-refractivity contribution >= 4 is 67.2 Å². The first-order valence-corrected chi connectivity index (χ1v) is 21.3. The molecule has 28 heteroatoms. The minimum absolute atomic E-state index is 0.0118. The highest BCUT2D eigenvalue weighted by atomic mass is 32.2. The summed E-state index contributed by atoms with van der Waals surface area (Å²) in [7, 11) is -10.3. The number of aliphatic hydroxyl groups is 1. The summed E-state index contributed by atoms with van der Waals surface area (Å²) in [5.74, 6) is -1.51. The van der Waals surface area contributed by atoms with Gasteiger partial charge in [-0.3, -0.25) is 32.3 Å². The van der Waals surface area contributed by atoms with Crippen molar-refractivity contribution in [2.75, 3.05) is 30.4 Å². The second-order valence-electron chi connectivity index (χ2n) is 12.6. The number of imidazole rings is 1. The molecule has 0 spiro atoms. The molecular formula is C30H41N9O16P2S. The number of phosphoric ester groups is 2. The minimum atomic E-state index is -5.24. The maximum absolute atomic E-state index is 13.7. The highest BCUT2D eigenvalue weighted by molar-refractivity contribution is 8.13. The Morgan fingerprint density at radius 2 is 1.86 bits per heavy atom. The number of thioether (sulfide) groups is 1. The summed E-state index contributed by atoms with van der Waals surface area (Å²) in [5.41, 5.74) is 10.8. The summed E-state index contributed by atoms with van der Waals surface area (Å²) >= 11 is 0.901. The third kappa shape index (κ3) is 11.5. The van der Waals surface area contributed by atoms with Gasteiger partial charge < -0.3 is 50.8 Å². The van der Waals surface area contributed by atoms with E-state index < -0.39 is 107 Å². The van der Waals surface area contributed by atoms with E-state index in [0.717, 1.165) is 22.7 Å². The first kappa shape index (κ1) is 44.9. The minimum Gasteiger partial charge on any atom is -0.455 e. The van der Waals surface area contributed by atoms with Crippen LogP contribution in [-0.2, 0) is 51.3 Å². The van der Waals surface area contributed by atoms with Crippen LogP contribution in [0.15, 0.2) is 42.4 Å². The van der Waals surface area contributed by atoms with Crippen LogP contribution in [0, 0.1) is 0 Å². The molecule has 25 nitrogen and oxygen atoms in total. The van der Waals surface area contributed by atoms with Crippen LogP contribution >= 0.6 is 27.4 Å². The maximum Gasteiger partial charge on any atom is 0.472 e. The van der Waals surface area contributed by atoms with Gasteiger partial charge in [0, 0.05) is 25.5 Å². The van der Waals surface area contributed by atoms with E-state index in [0.29, 0.717) is 5.75 Å². The van der Waals surface area contributed by atoms with E-state index in [1.165, 1.54) is 29.2 Å². The lowest BCUT2D eigenvalue weighted by molar-refractivity contribution is -0.160. The van der Waals surface area contributed by atoms with Gasteiger partial charge in [0.25, 0.3) is 0 Å². The zero-order chi connectivity index (χ0) is 42.4. The van der Waals surface area contributed by atoms with Crippen LogP contribution < -0.4 is 22.5 Å². The number of nitrogen functional groups attached to an aromatic ring is 2. The van der Waals surface area contributed by atoms with Crippen LogP contribution in [0.3, 0.4) is 0 Å². The number of phosphoric acid groups is 2. The molecule has 5 rings (SSSR count). The third-order valence-corrected chi connectivity index (χ3v) is 10.8. The van der Waals surface area contributed by atoms with Gasteiger partial charge in [0.05, 0.1) is 19.5 Å². The molecule has 58 heavy (non-hydrogen) atoms. The van der Waals surface area contributed by atoms with Gasteiger partial charge in [-0.2, -0.15) is 4.98 Å². The van der Waals surface area contributed by atoms with Crippen molar-refractivity contribution in [3.8, 4) is 0 Å². The second kappa shape index (κ2) is 19.3. The van der Waals surface area contributed by atoms with Gasteiger partial charge in [0.15, 0.2) is 28.9 Å². The number of rotatable bonds is 19. The van der Waals surface area contributed by atoms with Crippen LogP contribution in [0.1, 0.15) is 45.1 Å². The van der Waals surface area contributed by atoms with Crippen molar-refractivity contribution in [3.63, 3.8) is 0 Å². The number of carbonyl (C=O) groups is 3.